The molecule has 1 rings (SSSR count). The third-order valence-electron chi connectivity index (χ3n) is 10.7. The third kappa shape index (κ3) is 25.0. The predicted octanol–water partition coefficient (Wildman–Crippen LogP) is 8.39. The van der Waals surface area contributed by atoms with E-state index in [1.165, 1.54) is 141 Å². The van der Waals surface area contributed by atoms with Gasteiger partial charge in [0.2, 0.25) is 5.91 Å². The van der Waals surface area contributed by atoms with Gasteiger partial charge < -0.3 is 40.3 Å². The van der Waals surface area contributed by atoms with Crippen molar-refractivity contribution in [2.24, 2.45) is 0 Å². The van der Waals surface area contributed by atoms with Crippen LogP contribution in [-0.4, -0.2) is 87.5 Å². The fourth-order valence-corrected chi connectivity index (χ4v) is 7.16. The lowest BCUT2D eigenvalue weighted by Crippen LogP contribution is -2.60. The van der Waals surface area contributed by atoms with Gasteiger partial charge in [-0.2, -0.15) is 0 Å². The molecule has 1 amide bonds. The Morgan fingerprint density at radius 1 is 0.588 bits per heavy atom. The molecule has 0 radical (unpaired) electrons. The molecule has 0 bridgehead atoms. The SMILES string of the molecule is CCCCCCCCCCCCCCCCCC(=O)N[C@@H](CO[C@H]1O[C@@H](CO)[C@H](O)[C@H](O)[C@@H]1O)[C@H](O)CCCCCCCCCCCCCCC. The monoisotopic (exact) mass is 730 g/mol. The molecule has 1 aliphatic rings. The van der Waals surface area contributed by atoms with Gasteiger partial charge in [-0.25, -0.2) is 0 Å². The summed E-state index contributed by atoms with van der Waals surface area (Å²) >= 11 is 0. The van der Waals surface area contributed by atoms with E-state index in [0.29, 0.717) is 12.8 Å². The molecule has 51 heavy (non-hydrogen) atoms. The largest absolute Gasteiger partial charge is 0.394 e. The zero-order valence-corrected chi connectivity index (χ0v) is 33.1. The number of rotatable bonds is 36. The van der Waals surface area contributed by atoms with E-state index in [1.807, 2.05) is 0 Å². The topological polar surface area (TPSA) is 149 Å². The first-order valence-electron chi connectivity index (χ1n) is 21.7. The summed E-state index contributed by atoms with van der Waals surface area (Å²) in [6.45, 7) is 3.83. The minimum atomic E-state index is -1.55. The summed E-state index contributed by atoms with van der Waals surface area (Å²) in [6.07, 6.45) is 28.2. The van der Waals surface area contributed by atoms with Crippen molar-refractivity contribution in [3.63, 3.8) is 0 Å². The first-order chi connectivity index (χ1) is 24.8. The smallest absolute Gasteiger partial charge is 0.220 e. The summed E-state index contributed by atoms with van der Waals surface area (Å²) in [4.78, 5) is 12.9. The molecule has 1 fully saturated rings. The lowest BCUT2D eigenvalue weighted by molar-refractivity contribution is -0.302. The minimum absolute atomic E-state index is 0.132. The average molecular weight is 730 g/mol. The van der Waals surface area contributed by atoms with Crippen LogP contribution in [0.15, 0.2) is 0 Å². The fraction of sp³-hybridized carbons (Fsp3) is 0.976. The second kappa shape index (κ2) is 33.7. The lowest BCUT2D eigenvalue weighted by Gasteiger charge is -2.40. The molecule has 9 heteroatoms. The van der Waals surface area contributed by atoms with Crippen molar-refractivity contribution in [1.82, 2.24) is 5.32 Å². The zero-order valence-electron chi connectivity index (χ0n) is 33.1. The van der Waals surface area contributed by atoms with Gasteiger partial charge in [-0.15, -0.1) is 0 Å². The van der Waals surface area contributed by atoms with E-state index in [2.05, 4.69) is 19.2 Å². The van der Waals surface area contributed by atoms with Gasteiger partial charge in [0.15, 0.2) is 6.29 Å². The van der Waals surface area contributed by atoms with Gasteiger partial charge in [0, 0.05) is 6.42 Å². The van der Waals surface area contributed by atoms with Crippen molar-refractivity contribution in [2.45, 2.75) is 249 Å². The summed E-state index contributed by atoms with van der Waals surface area (Å²) in [5.41, 5.74) is 0. The highest BCUT2D eigenvalue weighted by molar-refractivity contribution is 5.76. The van der Waals surface area contributed by atoms with E-state index in [1.54, 1.807) is 0 Å². The molecule has 9 nitrogen and oxygen atoms in total. The highest BCUT2D eigenvalue weighted by Crippen LogP contribution is 2.23. The molecule has 0 aromatic carbocycles. The Hall–Kier alpha value is -0.810. The van der Waals surface area contributed by atoms with Crippen molar-refractivity contribution >= 4 is 5.91 Å². The summed E-state index contributed by atoms with van der Waals surface area (Å²) in [7, 11) is 0. The van der Waals surface area contributed by atoms with E-state index < -0.39 is 49.5 Å². The number of amides is 1. The maximum absolute atomic E-state index is 12.9. The second-order valence-corrected chi connectivity index (χ2v) is 15.5. The molecular formula is C42H83NO8. The molecule has 1 aliphatic heterocycles. The number of hydrogen-bond acceptors (Lipinski definition) is 8. The van der Waals surface area contributed by atoms with E-state index in [4.69, 9.17) is 9.47 Å². The van der Waals surface area contributed by atoms with Gasteiger partial charge in [-0.05, 0) is 12.8 Å². The molecule has 0 unspecified atom stereocenters. The van der Waals surface area contributed by atoms with Gasteiger partial charge in [0.05, 0.1) is 25.4 Å². The molecule has 6 N–H and O–H groups in total. The Labute approximate surface area is 313 Å². The highest BCUT2D eigenvalue weighted by Gasteiger charge is 2.44. The highest BCUT2D eigenvalue weighted by atomic mass is 16.7. The molecule has 0 aromatic heterocycles. The van der Waals surface area contributed by atoms with Crippen LogP contribution in [0.4, 0.5) is 0 Å². The van der Waals surface area contributed by atoms with Gasteiger partial charge in [0.25, 0.3) is 0 Å². The summed E-state index contributed by atoms with van der Waals surface area (Å²) in [5.74, 6) is -0.142. The maximum Gasteiger partial charge on any atom is 0.220 e. The number of nitrogens with one attached hydrogen (secondary N) is 1. The van der Waals surface area contributed by atoms with Crippen LogP contribution < -0.4 is 5.32 Å². The van der Waals surface area contributed by atoms with Gasteiger partial charge in [-0.1, -0.05) is 187 Å². The molecular weight excluding hydrogens is 646 g/mol. The standard InChI is InChI=1S/C42H83NO8/c1-3-5-7-9-11-13-15-17-18-20-22-24-26-28-30-32-38(46)43-35(34-50-42-41(49)40(48)39(47)37(33-44)51-42)36(45)31-29-27-25-23-21-19-16-14-12-10-8-6-4-2/h35-37,39-42,44-45,47-49H,3-34H2,1-2H3,(H,43,46)/t35-,36+,37-,39-,40-,41-,42-/m0/s1. The Balaban J connectivity index is 2.35. The van der Waals surface area contributed by atoms with E-state index >= 15 is 0 Å². The number of aliphatic hydroxyl groups excluding tert-OH is 5. The van der Waals surface area contributed by atoms with Crippen LogP contribution in [0.3, 0.4) is 0 Å². The Bertz CT molecular complexity index is 771. The Morgan fingerprint density at radius 3 is 1.39 bits per heavy atom. The Morgan fingerprint density at radius 2 is 0.980 bits per heavy atom. The fourth-order valence-electron chi connectivity index (χ4n) is 7.16. The molecule has 304 valence electrons. The van der Waals surface area contributed by atoms with Crippen molar-refractivity contribution < 1.29 is 39.8 Å². The van der Waals surface area contributed by atoms with Gasteiger partial charge >= 0.3 is 0 Å². The van der Waals surface area contributed by atoms with Crippen LogP contribution in [0.1, 0.15) is 206 Å². The van der Waals surface area contributed by atoms with Gasteiger partial charge in [0.1, 0.15) is 24.4 Å². The van der Waals surface area contributed by atoms with E-state index in [9.17, 15) is 30.3 Å². The van der Waals surface area contributed by atoms with Crippen molar-refractivity contribution in [1.29, 1.82) is 0 Å². The number of ether oxygens (including phenoxy) is 2. The van der Waals surface area contributed by atoms with Crippen LogP contribution in [0.2, 0.25) is 0 Å². The molecule has 1 heterocycles. The van der Waals surface area contributed by atoms with Crippen LogP contribution in [-0.2, 0) is 14.3 Å². The molecule has 0 aromatic rings. The number of hydrogen-bond donors (Lipinski definition) is 6. The number of carbonyl (C=O) groups excluding carboxylic acids is 1. The first-order valence-corrected chi connectivity index (χ1v) is 21.7. The van der Waals surface area contributed by atoms with Gasteiger partial charge in [-0.3, -0.25) is 4.79 Å². The van der Waals surface area contributed by atoms with E-state index in [0.717, 1.165) is 38.5 Å². The van der Waals surface area contributed by atoms with Crippen LogP contribution in [0, 0.1) is 0 Å². The molecule has 7 atom stereocenters. The molecule has 0 aliphatic carbocycles. The molecule has 0 saturated carbocycles. The number of aliphatic hydroxyl groups is 5. The van der Waals surface area contributed by atoms with Crippen molar-refractivity contribution in [3.05, 3.63) is 0 Å². The molecule has 1 saturated heterocycles. The Kier molecular flexibility index (Phi) is 31.9. The number of carbonyl (C=O) groups is 1. The quantitative estimate of drug-likeness (QED) is 0.0353. The zero-order chi connectivity index (χ0) is 37.4. The maximum atomic E-state index is 12.9. The predicted molar refractivity (Wildman–Crippen MR) is 208 cm³/mol. The lowest BCUT2D eigenvalue weighted by atomic mass is 9.99. The summed E-state index contributed by atoms with van der Waals surface area (Å²) in [6, 6.07) is -0.710. The molecule has 0 spiro atoms. The average Bonchev–Trinajstić information content (AvgIpc) is 3.13. The second-order valence-electron chi connectivity index (χ2n) is 15.5. The minimum Gasteiger partial charge on any atom is -0.394 e. The van der Waals surface area contributed by atoms with Crippen LogP contribution in [0.5, 0.6) is 0 Å². The van der Waals surface area contributed by atoms with Crippen molar-refractivity contribution in [2.75, 3.05) is 13.2 Å². The third-order valence-corrected chi connectivity index (χ3v) is 10.7. The van der Waals surface area contributed by atoms with Crippen LogP contribution >= 0.6 is 0 Å². The van der Waals surface area contributed by atoms with Crippen LogP contribution in [0.25, 0.3) is 0 Å². The first kappa shape index (κ1) is 48.2. The van der Waals surface area contributed by atoms with E-state index in [-0.39, 0.29) is 12.5 Å². The number of unbranched alkanes of at least 4 members (excludes halogenated alkanes) is 26. The summed E-state index contributed by atoms with van der Waals surface area (Å²) < 4.78 is 11.2. The normalized spacial score (nSPS) is 21.9. The van der Waals surface area contributed by atoms with Crippen molar-refractivity contribution in [3.8, 4) is 0 Å². The summed E-state index contributed by atoms with van der Waals surface area (Å²) in [5, 5.41) is 54.2.